The van der Waals surface area contributed by atoms with Crippen LogP contribution in [0.2, 0.25) is 0 Å². The van der Waals surface area contributed by atoms with E-state index in [1.807, 2.05) is 66.0 Å². The summed E-state index contributed by atoms with van der Waals surface area (Å²) >= 11 is 1.50. The molecule has 1 atom stereocenters. The minimum Gasteiger partial charge on any atom is -0.344 e. The molecule has 0 radical (unpaired) electrons. The van der Waals surface area contributed by atoms with Crippen molar-refractivity contribution in [2.45, 2.75) is 25.9 Å². The molecule has 4 rings (SSSR count). The van der Waals surface area contributed by atoms with E-state index in [2.05, 4.69) is 15.4 Å². The number of aromatic nitrogens is 1. The van der Waals surface area contributed by atoms with E-state index in [9.17, 15) is 9.59 Å². The Labute approximate surface area is 172 Å². The molecule has 0 fully saturated rings. The number of nitrogens with zero attached hydrogens (tertiary/aromatic N) is 3. The van der Waals surface area contributed by atoms with E-state index < -0.39 is 6.04 Å². The predicted molar refractivity (Wildman–Crippen MR) is 115 cm³/mol. The zero-order valence-corrected chi connectivity index (χ0v) is 16.7. The van der Waals surface area contributed by atoms with Gasteiger partial charge in [0.1, 0.15) is 16.8 Å². The Morgan fingerprint density at radius 3 is 2.48 bits per heavy atom. The van der Waals surface area contributed by atoms with E-state index >= 15 is 0 Å². The van der Waals surface area contributed by atoms with Gasteiger partial charge in [-0.25, -0.2) is 4.98 Å². The van der Waals surface area contributed by atoms with Gasteiger partial charge in [-0.3, -0.25) is 14.6 Å². The molecule has 2 heterocycles. The molecule has 0 saturated carbocycles. The van der Waals surface area contributed by atoms with Gasteiger partial charge in [0.25, 0.3) is 5.91 Å². The van der Waals surface area contributed by atoms with E-state index in [4.69, 9.17) is 0 Å². The van der Waals surface area contributed by atoms with Crippen LogP contribution in [-0.2, 0) is 16.1 Å². The molecule has 1 aliphatic rings. The van der Waals surface area contributed by atoms with Gasteiger partial charge >= 0.3 is 0 Å². The number of hydrogen-bond acceptors (Lipinski definition) is 6. The van der Waals surface area contributed by atoms with E-state index in [0.29, 0.717) is 18.7 Å². The van der Waals surface area contributed by atoms with Gasteiger partial charge in [-0.1, -0.05) is 48.5 Å². The van der Waals surface area contributed by atoms with Crippen LogP contribution in [0.15, 0.2) is 71.1 Å². The lowest BCUT2D eigenvalue weighted by atomic mass is 10.1. The van der Waals surface area contributed by atoms with Gasteiger partial charge < -0.3 is 5.32 Å². The lowest BCUT2D eigenvalue weighted by molar-refractivity contribution is -0.118. The van der Waals surface area contributed by atoms with Crippen molar-refractivity contribution in [3.8, 4) is 11.3 Å². The first-order chi connectivity index (χ1) is 14.1. The monoisotopic (exact) mass is 404 g/mol. The van der Waals surface area contributed by atoms with Crippen LogP contribution in [0.5, 0.6) is 0 Å². The second-order valence-electron chi connectivity index (χ2n) is 6.73. The third kappa shape index (κ3) is 4.25. The topological polar surface area (TPSA) is 74.7 Å². The number of hydrazone groups is 1. The highest BCUT2D eigenvalue weighted by atomic mass is 32.1. The maximum atomic E-state index is 12.6. The number of hydrogen-bond donors (Lipinski definition) is 1. The molecule has 146 valence electrons. The largest absolute Gasteiger partial charge is 0.344 e. The molecule has 1 aromatic heterocycles. The summed E-state index contributed by atoms with van der Waals surface area (Å²) in [6.45, 7) is 1.85. The second kappa shape index (κ2) is 8.36. The Hall–Kier alpha value is -3.32. The fourth-order valence-electron chi connectivity index (χ4n) is 3.17. The Bertz CT molecular complexity index is 1050. The number of anilines is 1. The van der Waals surface area contributed by atoms with E-state index in [0.717, 1.165) is 22.0 Å². The molecule has 7 heteroatoms. The zero-order chi connectivity index (χ0) is 20.2. The quantitative estimate of drug-likeness (QED) is 0.681. The number of amides is 1. The third-order valence-corrected chi connectivity index (χ3v) is 5.53. The number of carbonyl (C=O) groups is 2. The van der Waals surface area contributed by atoms with E-state index in [1.165, 1.54) is 18.3 Å². The predicted octanol–water partition coefficient (Wildman–Crippen LogP) is 3.65. The molecule has 1 unspecified atom stereocenters. The van der Waals surface area contributed by atoms with Crippen LogP contribution >= 0.6 is 11.3 Å². The van der Waals surface area contributed by atoms with Crippen molar-refractivity contribution in [1.82, 2.24) is 10.3 Å². The maximum absolute atomic E-state index is 12.6. The number of thiazole rings is 1. The summed E-state index contributed by atoms with van der Waals surface area (Å²) in [5.41, 5.74) is 3.09. The molecular weight excluding hydrogens is 384 g/mol. The van der Waals surface area contributed by atoms with E-state index in [-0.39, 0.29) is 11.7 Å². The van der Waals surface area contributed by atoms with Crippen molar-refractivity contribution in [1.29, 1.82) is 0 Å². The summed E-state index contributed by atoms with van der Waals surface area (Å²) in [4.78, 5) is 29.3. The lowest BCUT2D eigenvalue weighted by Gasteiger charge is -2.20. The molecule has 1 amide bonds. The normalized spacial score (nSPS) is 15.8. The van der Waals surface area contributed by atoms with Gasteiger partial charge in [0.05, 0.1) is 17.9 Å². The fraction of sp³-hybridized carbons (Fsp3) is 0.182. The Morgan fingerprint density at radius 1 is 1.10 bits per heavy atom. The van der Waals surface area contributed by atoms with Crippen LogP contribution in [0.4, 0.5) is 5.69 Å². The first-order valence-electron chi connectivity index (χ1n) is 9.32. The minimum absolute atomic E-state index is 0.0205. The summed E-state index contributed by atoms with van der Waals surface area (Å²) in [6, 6.07) is 18.9. The molecule has 0 saturated heterocycles. The van der Waals surface area contributed by atoms with E-state index in [1.54, 1.807) is 5.01 Å². The maximum Gasteiger partial charge on any atom is 0.267 e. The zero-order valence-electron chi connectivity index (χ0n) is 15.9. The van der Waals surface area contributed by atoms with Crippen LogP contribution in [0.25, 0.3) is 11.3 Å². The molecular formula is C22H20N4O2S. The smallest absolute Gasteiger partial charge is 0.267 e. The number of carbonyl (C=O) groups excluding carboxylic acids is 2. The fourth-order valence-corrected chi connectivity index (χ4v) is 3.92. The number of Topliss-reactive ketones (excluding diaryl/α,β-unsaturated/α-hetero) is 1. The minimum atomic E-state index is -0.456. The lowest BCUT2D eigenvalue weighted by Crippen LogP contribution is -2.34. The molecule has 2 aromatic carbocycles. The average Bonchev–Trinajstić information content (AvgIpc) is 3.41. The van der Waals surface area contributed by atoms with Crippen molar-refractivity contribution >= 4 is 34.4 Å². The van der Waals surface area contributed by atoms with Gasteiger partial charge in [-0.2, -0.15) is 5.10 Å². The average molecular weight is 404 g/mol. The Morgan fingerprint density at radius 2 is 1.79 bits per heavy atom. The SMILES string of the molecule is CC(=O)C1CC(C(=O)NCc2nc(-c3ccccc3)cs2)=NN1c1ccccc1. The highest BCUT2D eigenvalue weighted by Crippen LogP contribution is 2.25. The van der Waals surface area contributed by atoms with Crippen molar-refractivity contribution in [2.75, 3.05) is 5.01 Å². The summed E-state index contributed by atoms with van der Waals surface area (Å²) in [5.74, 6) is -0.293. The van der Waals surface area contributed by atoms with Gasteiger partial charge in [-0.15, -0.1) is 11.3 Å². The number of ketones is 1. The van der Waals surface area contributed by atoms with Gasteiger partial charge in [0.15, 0.2) is 5.78 Å². The van der Waals surface area contributed by atoms with Crippen molar-refractivity contribution in [3.05, 3.63) is 71.1 Å². The number of rotatable bonds is 6. The number of benzene rings is 2. The van der Waals surface area contributed by atoms with Crippen molar-refractivity contribution in [2.24, 2.45) is 5.10 Å². The first kappa shape index (κ1) is 19.0. The summed E-state index contributed by atoms with van der Waals surface area (Å²) in [5, 5.41) is 11.7. The molecule has 6 nitrogen and oxygen atoms in total. The van der Waals surface area contributed by atoms with Crippen LogP contribution < -0.4 is 10.3 Å². The summed E-state index contributed by atoms with van der Waals surface area (Å²) in [7, 11) is 0. The third-order valence-electron chi connectivity index (χ3n) is 4.68. The second-order valence-corrected chi connectivity index (χ2v) is 7.68. The molecule has 0 bridgehead atoms. The summed E-state index contributed by atoms with van der Waals surface area (Å²) in [6.07, 6.45) is 0.295. The molecule has 1 aliphatic heterocycles. The number of nitrogens with one attached hydrogen (secondary N) is 1. The van der Waals surface area contributed by atoms with Crippen molar-refractivity contribution < 1.29 is 9.59 Å². The standard InChI is InChI=1S/C22H20N4O2S/c1-15(27)20-12-18(25-26(20)17-10-6-3-7-11-17)22(28)23-13-21-24-19(14-29-21)16-8-4-2-5-9-16/h2-11,14,20H,12-13H2,1H3,(H,23,28). The van der Waals surface area contributed by atoms with Gasteiger partial charge in [0, 0.05) is 17.4 Å². The van der Waals surface area contributed by atoms with Gasteiger partial charge in [-0.05, 0) is 19.1 Å². The van der Waals surface area contributed by atoms with Crippen LogP contribution in [0.3, 0.4) is 0 Å². The molecule has 3 aromatic rings. The van der Waals surface area contributed by atoms with Crippen LogP contribution in [0.1, 0.15) is 18.4 Å². The van der Waals surface area contributed by atoms with Crippen LogP contribution in [0, 0.1) is 0 Å². The molecule has 29 heavy (non-hydrogen) atoms. The van der Waals surface area contributed by atoms with Crippen molar-refractivity contribution in [3.63, 3.8) is 0 Å². The highest BCUT2D eigenvalue weighted by molar-refractivity contribution is 7.09. The molecule has 0 aliphatic carbocycles. The molecule has 1 N–H and O–H groups in total. The summed E-state index contributed by atoms with van der Waals surface area (Å²) < 4.78 is 0. The first-order valence-corrected chi connectivity index (χ1v) is 10.2. The molecule has 0 spiro atoms. The van der Waals surface area contributed by atoms with Crippen LogP contribution in [-0.4, -0.2) is 28.4 Å². The Balaban J connectivity index is 1.43. The Kier molecular flexibility index (Phi) is 5.48. The van der Waals surface area contributed by atoms with Gasteiger partial charge in [0.2, 0.25) is 0 Å². The number of para-hydroxylation sites is 1. The highest BCUT2D eigenvalue weighted by Gasteiger charge is 2.34.